The molecule has 1 amide bonds. The van der Waals surface area contributed by atoms with E-state index in [1.807, 2.05) is 65.3 Å². The van der Waals surface area contributed by atoms with Crippen LogP contribution in [0.4, 0.5) is 5.82 Å². The van der Waals surface area contributed by atoms with E-state index in [1.165, 1.54) is 24.3 Å². The second-order valence-electron chi connectivity index (χ2n) is 10.4. The fourth-order valence-electron chi connectivity index (χ4n) is 3.86. The number of pyridine rings is 2. The summed E-state index contributed by atoms with van der Waals surface area (Å²) < 4.78 is 39.8. The summed E-state index contributed by atoms with van der Waals surface area (Å²) in [4.78, 5) is 25.6. The van der Waals surface area contributed by atoms with Crippen LogP contribution in [0.15, 0.2) is 70.5 Å². The van der Waals surface area contributed by atoms with Gasteiger partial charge in [-0.15, -0.1) is 0 Å². The summed E-state index contributed by atoms with van der Waals surface area (Å²) in [6.07, 6.45) is 3.41. The van der Waals surface area contributed by atoms with Gasteiger partial charge in [0.05, 0.1) is 5.69 Å². The van der Waals surface area contributed by atoms with E-state index in [-0.39, 0.29) is 17.3 Å². The van der Waals surface area contributed by atoms with Gasteiger partial charge >= 0.3 is 0 Å². The van der Waals surface area contributed by atoms with Crippen LogP contribution in [0.2, 0.25) is 0 Å². The number of sulfonamides is 1. The molecular weight excluding hydrogens is 542 g/mol. The van der Waals surface area contributed by atoms with E-state index in [1.54, 1.807) is 18.2 Å². The summed E-state index contributed by atoms with van der Waals surface area (Å²) in [6, 6.07) is 11.0. The Hall–Kier alpha value is -4.51. The van der Waals surface area contributed by atoms with Crippen LogP contribution in [0.25, 0.3) is 5.57 Å². The molecule has 0 aliphatic carbocycles. The van der Waals surface area contributed by atoms with Crippen molar-refractivity contribution in [2.24, 2.45) is 4.99 Å². The number of nitrogens with zero attached hydrogens (tertiary/aromatic N) is 3. The molecule has 3 rings (SSSR count). The molecule has 0 aliphatic heterocycles. The molecule has 0 atom stereocenters. The number of benzene rings is 1. The summed E-state index contributed by atoms with van der Waals surface area (Å²) in [5.41, 5.74) is 8.96. The quantitative estimate of drug-likeness (QED) is 0.188. The van der Waals surface area contributed by atoms with Gasteiger partial charge in [-0.2, -0.15) is 8.42 Å². The average molecular weight is 578 g/mol. The van der Waals surface area contributed by atoms with Crippen molar-refractivity contribution in [3.8, 4) is 11.6 Å². The number of nitrogen functional groups attached to an aromatic ring is 1. The lowest BCUT2D eigenvalue weighted by molar-refractivity contribution is 0.0514. The minimum absolute atomic E-state index is 0.000267. The first-order valence-electron chi connectivity index (χ1n) is 12.7. The summed E-state index contributed by atoms with van der Waals surface area (Å²) in [5, 5.41) is -0.391. The zero-order valence-corrected chi connectivity index (χ0v) is 25.1. The molecule has 3 N–H and O–H groups in total. The highest BCUT2D eigenvalue weighted by Crippen LogP contribution is 2.32. The topological polar surface area (TPSA) is 146 Å². The smallest absolute Gasteiger partial charge is 0.281 e. The number of nitrogens with one attached hydrogen (secondary N) is 1. The number of aryl methyl sites for hydroxylation is 3. The molecule has 41 heavy (non-hydrogen) atoms. The predicted molar refractivity (Wildman–Crippen MR) is 160 cm³/mol. The van der Waals surface area contributed by atoms with Crippen molar-refractivity contribution in [1.82, 2.24) is 14.7 Å². The standard InChI is InChI=1S/C30H35N5O5S/c1-18-16-20(3)27(21(4)17-18)39-29-22(28(36)35-41(37,38)26-11-9-10-24(31)34-26)13-14-23(33-29)19(2)12-15-25(32-8)40-30(5,6)7/h9-17H,8H2,1-7H3,(H2,31,34)(H,35,36)/b19-12+,25-15+. The summed E-state index contributed by atoms with van der Waals surface area (Å²) in [5.74, 6) is -0.178. The fourth-order valence-corrected chi connectivity index (χ4v) is 4.80. The molecular formula is C30H35N5O5S. The van der Waals surface area contributed by atoms with E-state index in [0.29, 0.717) is 22.9 Å². The molecule has 2 heterocycles. The SMILES string of the molecule is C=N/C(=C\C=C(/C)c1ccc(C(=O)NS(=O)(=O)c2cccc(N)n2)c(Oc2c(C)cc(C)cc2C)n1)OC(C)(C)C. The second-order valence-corrected chi connectivity index (χ2v) is 12.1. The molecule has 11 heteroatoms. The van der Waals surface area contributed by atoms with E-state index < -0.39 is 26.6 Å². The molecule has 0 radical (unpaired) electrons. The number of ether oxygens (including phenoxy) is 2. The van der Waals surface area contributed by atoms with Crippen LogP contribution in [-0.2, 0) is 14.8 Å². The number of aliphatic imine (C=N–C) groups is 1. The highest BCUT2D eigenvalue weighted by molar-refractivity contribution is 7.90. The van der Waals surface area contributed by atoms with E-state index in [2.05, 4.69) is 21.7 Å². The molecule has 0 spiro atoms. The van der Waals surface area contributed by atoms with Gasteiger partial charge in [0.1, 0.15) is 22.7 Å². The zero-order chi connectivity index (χ0) is 30.5. The molecule has 0 aliphatic rings. The Balaban J connectivity index is 2.07. The van der Waals surface area contributed by atoms with Crippen LogP contribution in [0, 0.1) is 20.8 Å². The number of amides is 1. The number of hydrogen-bond donors (Lipinski definition) is 2. The number of rotatable bonds is 9. The molecule has 2 aromatic heterocycles. The number of allylic oxidation sites excluding steroid dienone is 3. The van der Waals surface area contributed by atoms with Gasteiger partial charge in [0, 0.05) is 6.08 Å². The highest BCUT2D eigenvalue weighted by Gasteiger charge is 2.25. The van der Waals surface area contributed by atoms with Crippen molar-refractivity contribution in [2.75, 3.05) is 5.73 Å². The largest absolute Gasteiger partial charge is 0.472 e. The number of carbonyl (C=O) groups excluding carboxylic acids is 1. The molecule has 0 unspecified atom stereocenters. The Kier molecular flexibility index (Phi) is 9.34. The molecule has 3 aromatic rings. The van der Waals surface area contributed by atoms with Gasteiger partial charge in [-0.1, -0.05) is 29.8 Å². The number of carbonyl (C=O) groups is 1. The number of aromatic nitrogens is 2. The van der Waals surface area contributed by atoms with E-state index >= 15 is 0 Å². The van der Waals surface area contributed by atoms with Crippen LogP contribution in [0.3, 0.4) is 0 Å². The molecule has 0 saturated carbocycles. The molecule has 0 saturated heterocycles. The summed E-state index contributed by atoms with van der Waals surface area (Å²) in [6.45, 7) is 16.8. The lowest BCUT2D eigenvalue weighted by Gasteiger charge is -2.20. The van der Waals surface area contributed by atoms with E-state index in [0.717, 1.165) is 16.7 Å². The zero-order valence-electron chi connectivity index (χ0n) is 24.3. The van der Waals surface area contributed by atoms with Crippen LogP contribution < -0.4 is 15.2 Å². The van der Waals surface area contributed by atoms with Crippen molar-refractivity contribution in [1.29, 1.82) is 0 Å². The van der Waals surface area contributed by atoms with Gasteiger partial charge in [0.15, 0.2) is 5.03 Å². The third kappa shape index (κ3) is 8.24. The Morgan fingerprint density at radius 1 is 1.05 bits per heavy atom. The molecule has 0 fully saturated rings. The Bertz CT molecular complexity index is 1630. The van der Waals surface area contributed by atoms with Crippen molar-refractivity contribution < 1.29 is 22.7 Å². The summed E-state index contributed by atoms with van der Waals surface area (Å²) >= 11 is 0. The number of nitrogens with two attached hydrogens (primary N) is 1. The molecule has 216 valence electrons. The van der Waals surface area contributed by atoms with Crippen LogP contribution in [0.1, 0.15) is 60.4 Å². The van der Waals surface area contributed by atoms with Crippen molar-refractivity contribution in [2.45, 2.75) is 59.1 Å². The summed E-state index contributed by atoms with van der Waals surface area (Å²) in [7, 11) is -4.33. The van der Waals surface area contributed by atoms with E-state index in [9.17, 15) is 13.2 Å². The van der Waals surface area contributed by atoms with Crippen molar-refractivity contribution in [3.63, 3.8) is 0 Å². The van der Waals surface area contributed by atoms with Crippen LogP contribution in [-0.4, -0.2) is 36.6 Å². The third-order valence-electron chi connectivity index (χ3n) is 5.60. The fraction of sp³-hybridized carbons (Fsp3) is 0.267. The molecule has 0 bridgehead atoms. The maximum atomic E-state index is 13.3. The van der Waals surface area contributed by atoms with Gasteiger partial charge < -0.3 is 15.2 Å². The predicted octanol–water partition coefficient (Wildman–Crippen LogP) is 5.66. The highest BCUT2D eigenvalue weighted by atomic mass is 32.2. The van der Waals surface area contributed by atoms with Gasteiger partial charge in [-0.05, 0) is 96.1 Å². The first-order chi connectivity index (χ1) is 19.1. The first kappa shape index (κ1) is 31.0. The van der Waals surface area contributed by atoms with Gasteiger partial charge in [-0.3, -0.25) is 4.79 Å². The molecule has 10 nitrogen and oxygen atoms in total. The third-order valence-corrected chi connectivity index (χ3v) is 6.83. The minimum atomic E-state index is -4.33. The van der Waals surface area contributed by atoms with E-state index in [4.69, 9.17) is 15.2 Å². The van der Waals surface area contributed by atoms with Crippen LogP contribution >= 0.6 is 0 Å². The maximum absolute atomic E-state index is 13.3. The molecule has 1 aromatic carbocycles. The normalized spacial score (nSPS) is 12.6. The second kappa shape index (κ2) is 12.3. The first-order valence-corrected chi connectivity index (χ1v) is 14.2. The average Bonchev–Trinajstić information content (AvgIpc) is 2.87. The Labute approximate surface area is 241 Å². The number of hydrogen-bond acceptors (Lipinski definition) is 9. The Morgan fingerprint density at radius 2 is 1.71 bits per heavy atom. The van der Waals surface area contributed by atoms with Crippen molar-refractivity contribution >= 4 is 34.0 Å². The maximum Gasteiger partial charge on any atom is 0.281 e. The van der Waals surface area contributed by atoms with Crippen LogP contribution in [0.5, 0.6) is 11.6 Å². The van der Waals surface area contributed by atoms with Gasteiger partial charge in [0.2, 0.25) is 11.8 Å². The monoisotopic (exact) mass is 577 g/mol. The van der Waals surface area contributed by atoms with Crippen molar-refractivity contribution in [3.05, 3.63) is 88.4 Å². The minimum Gasteiger partial charge on any atom is -0.472 e. The van der Waals surface area contributed by atoms with Gasteiger partial charge in [0.25, 0.3) is 15.9 Å². The number of anilines is 1. The Morgan fingerprint density at radius 3 is 2.29 bits per heavy atom. The lowest BCUT2D eigenvalue weighted by Crippen LogP contribution is -2.31. The lowest BCUT2D eigenvalue weighted by atomic mass is 10.1. The van der Waals surface area contributed by atoms with Gasteiger partial charge in [-0.25, -0.2) is 19.7 Å².